The Hall–Kier alpha value is -3.11. The first-order valence-corrected chi connectivity index (χ1v) is 11.1. The van der Waals surface area contributed by atoms with Crippen LogP contribution in [-0.4, -0.2) is 38.2 Å². The summed E-state index contributed by atoms with van der Waals surface area (Å²) in [6, 6.07) is 5.76. The average Bonchev–Trinajstić information content (AvgIpc) is 3.47. The van der Waals surface area contributed by atoms with E-state index in [0.717, 1.165) is 4.88 Å². The number of rotatable bonds is 6. The van der Waals surface area contributed by atoms with Crippen LogP contribution in [0, 0.1) is 0 Å². The Labute approximate surface area is 180 Å². The Morgan fingerprint density at radius 3 is 2.80 bits per heavy atom. The van der Waals surface area contributed by atoms with Crippen LogP contribution >= 0.6 is 22.7 Å². The van der Waals surface area contributed by atoms with Crippen LogP contribution in [-0.2, 0) is 4.74 Å². The molecule has 0 aliphatic rings. The molecule has 0 aromatic carbocycles. The molecule has 4 rings (SSSR count). The lowest BCUT2D eigenvalue weighted by Crippen LogP contribution is -2.14. The van der Waals surface area contributed by atoms with E-state index in [-0.39, 0.29) is 24.2 Å². The number of ether oxygens (including phenoxy) is 1. The summed E-state index contributed by atoms with van der Waals surface area (Å²) >= 11 is 2.72. The predicted octanol–water partition coefficient (Wildman–Crippen LogP) is 4.63. The number of amides is 1. The van der Waals surface area contributed by atoms with Crippen molar-refractivity contribution in [2.75, 3.05) is 11.9 Å². The van der Waals surface area contributed by atoms with Gasteiger partial charge in [0.25, 0.3) is 5.91 Å². The number of hydrogen-bond acceptors (Lipinski definition) is 8. The minimum Gasteiger partial charge on any atom is -0.461 e. The Bertz CT molecular complexity index is 1210. The summed E-state index contributed by atoms with van der Waals surface area (Å²) in [5.74, 6) is -0.855. The Morgan fingerprint density at radius 2 is 2.10 bits per heavy atom. The molecule has 1 amide bonds. The van der Waals surface area contributed by atoms with Crippen molar-refractivity contribution in [2.45, 2.75) is 26.8 Å². The smallest absolute Gasteiger partial charge is 0.357 e. The molecule has 0 fully saturated rings. The van der Waals surface area contributed by atoms with E-state index in [1.807, 2.05) is 31.4 Å². The van der Waals surface area contributed by atoms with Crippen molar-refractivity contribution in [3.05, 3.63) is 46.4 Å². The van der Waals surface area contributed by atoms with Crippen LogP contribution in [0.25, 0.3) is 21.6 Å². The van der Waals surface area contributed by atoms with Crippen LogP contribution in [0.1, 0.15) is 47.7 Å². The summed E-state index contributed by atoms with van der Waals surface area (Å²) in [4.78, 5) is 34.8. The molecule has 1 N–H and O–H groups in total. The van der Waals surface area contributed by atoms with E-state index in [1.54, 1.807) is 40.6 Å². The highest BCUT2D eigenvalue weighted by molar-refractivity contribution is 7.14. The number of carbonyl (C=O) groups excluding carboxylic acids is 2. The van der Waals surface area contributed by atoms with E-state index >= 15 is 0 Å². The average molecular weight is 442 g/mol. The van der Waals surface area contributed by atoms with Gasteiger partial charge in [-0.1, -0.05) is 6.07 Å². The van der Waals surface area contributed by atoms with Gasteiger partial charge in [-0.15, -0.1) is 22.7 Å². The largest absolute Gasteiger partial charge is 0.461 e. The van der Waals surface area contributed by atoms with E-state index in [9.17, 15) is 9.59 Å². The molecule has 0 aliphatic heterocycles. The number of hydrogen-bond donors (Lipinski definition) is 1. The Morgan fingerprint density at radius 1 is 1.27 bits per heavy atom. The minimum absolute atomic E-state index is 0.0931. The van der Waals surface area contributed by atoms with Crippen LogP contribution < -0.4 is 5.32 Å². The number of anilines is 1. The summed E-state index contributed by atoms with van der Waals surface area (Å²) < 4.78 is 6.74. The zero-order chi connectivity index (χ0) is 21.3. The summed E-state index contributed by atoms with van der Waals surface area (Å²) in [6.45, 7) is 6.01. The second kappa shape index (κ2) is 8.33. The molecule has 0 radical (unpaired) electrons. The molecule has 30 heavy (non-hydrogen) atoms. The van der Waals surface area contributed by atoms with E-state index in [2.05, 4.69) is 15.4 Å². The van der Waals surface area contributed by atoms with Gasteiger partial charge in [0.15, 0.2) is 16.5 Å². The fourth-order valence-electron chi connectivity index (χ4n) is 2.93. The van der Waals surface area contributed by atoms with Crippen molar-refractivity contribution in [1.29, 1.82) is 0 Å². The maximum absolute atomic E-state index is 13.1. The molecule has 10 heteroatoms. The van der Waals surface area contributed by atoms with Crippen molar-refractivity contribution < 1.29 is 14.3 Å². The summed E-state index contributed by atoms with van der Waals surface area (Å²) in [5, 5.41) is 11.7. The van der Waals surface area contributed by atoms with Gasteiger partial charge in [-0.05, 0) is 38.3 Å². The van der Waals surface area contributed by atoms with E-state index < -0.39 is 5.97 Å². The SMILES string of the molecule is CCOC(=O)c1csc(NC(=O)c2cc(-c3cccs3)nc3c2cnn3C(C)C)n1. The standard InChI is InChI=1S/C20H19N5O3S2/c1-4-28-19(27)15-10-30-20(23-15)24-18(26)12-8-14(16-6-5-7-29-16)22-17-13(12)9-21-25(17)11(2)3/h5-11H,4H2,1-3H3,(H,23,24,26). The molecular formula is C20H19N5O3S2. The zero-order valence-electron chi connectivity index (χ0n) is 16.6. The molecule has 0 atom stereocenters. The molecule has 0 aliphatic carbocycles. The number of pyridine rings is 1. The summed E-state index contributed by atoms with van der Waals surface area (Å²) in [5.41, 5.74) is 1.97. The van der Waals surface area contributed by atoms with Gasteiger partial charge in [0.2, 0.25) is 0 Å². The number of thiazole rings is 1. The Balaban J connectivity index is 1.72. The van der Waals surface area contributed by atoms with Crippen LogP contribution in [0.5, 0.6) is 0 Å². The number of nitrogens with zero attached hydrogens (tertiary/aromatic N) is 4. The molecule has 0 saturated heterocycles. The van der Waals surface area contributed by atoms with Gasteiger partial charge in [0.05, 0.1) is 34.3 Å². The zero-order valence-corrected chi connectivity index (χ0v) is 18.2. The number of esters is 1. The van der Waals surface area contributed by atoms with Gasteiger partial charge in [-0.2, -0.15) is 5.10 Å². The van der Waals surface area contributed by atoms with Crippen LogP contribution in [0.3, 0.4) is 0 Å². The number of carbonyl (C=O) groups is 2. The van der Waals surface area contributed by atoms with Crippen molar-refractivity contribution in [3.63, 3.8) is 0 Å². The second-order valence-corrected chi connectivity index (χ2v) is 8.47. The van der Waals surface area contributed by atoms with Gasteiger partial charge in [0.1, 0.15) is 0 Å². The summed E-state index contributed by atoms with van der Waals surface area (Å²) in [6.07, 6.45) is 1.65. The number of nitrogens with one attached hydrogen (secondary N) is 1. The second-order valence-electron chi connectivity index (χ2n) is 6.67. The van der Waals surface area contributed by atoms with Crippen molar-refractivity contribution in [3.8, 4) is 10.6 Å². The molecule has 8 nitrogen and oxygen atoms in total. The molecule has 4 aromatic rings. The summed E-state index contributed by atoms with van der Waals surface area (Å²) in [7, 11) is 0. The predicted molar refractivity (Wildman–Crippen MR) is 117 cm³/mol. The van der Waals surface area contributed by atoms with Gasteiger partial charge in [-0.25, -0.2) is 19.4 Å². The highest BCUT2D eigenvalue weighted by atomic mass is 32.1. The van der Waals surface area contributed by atoms with Crippen LogP contribution in [0.4, 0.5) is 5.13 Å². The topological polar surface area (TPSA) is 99.0 Å². The first-order chi connectivity index (χ1) is 14.5. The molecule has 0 unspecified atom stereocenters. The van der Waals surface area contributed by atoms with Crippen molar-refractivity contribution in [2.24, 2.45) is 0 Å². The van der Waals surface area contributed by atoms with Gasteiger partial charge >= 0.3 is 5.97 Å². The lowest BCUT2D eigenvalue weighted by Gasteiger charge is -2.09. The molecular weight excluding hydrogens is 422 g/mol. The lowest BCUT2D eigenvalue weighted by atomic mass is 10.1. The monoisotopic (exact) mass is 441 g/mol. The quantitative estimate of drug-likeness (QED) is 0.438. The van der Waals surface area contributed by atoms with Crippen LogP contribution in [0.15, 0.2) is 35.2 Å². The maximum Gasteiger partial charge on any atom is 0.357 e. The fourth-order valence-corrected chi connectivity index (χ4v) is 4.29. The first kappa shape index (κ1) is 20.2. The van der Waals surface area contributed by atoms with Gasteiger partial charge < -0.3 is 4.74 Å². The lowest BCUT2D eigenvalue weighted by molar-refractivity contribution is 0.0520. The normalized spacial score (nSPS) is 11.2. The maximum atomic E-state index is 13.1. The Kier molecular flexibility index (Phi) is 5.60. The number of fused-ring (bicyclic) bond motifs is 1. The highest BCUT2D eigenvalue weighted by Gasteiger charge is 2.20. The molecule has 0 spiro atoms. The van der Waals surface area contributed by atoms with E-state index in [4.69, 9.17) is 9.72 Å². The molecule has 0 saturated carbocycles. The molecule has 154 valence electrons. The van der Waals surface area contributed by atoms with E-state index in [0.29, 0.717) is 27.4 Å². The van der Waals surface area contributed by atoms with Gasteiger partial charge in [0, 0.05) is 11.4 Å². The minimum atomic E-state index is -0.515. The van der Waals surface area contributed by atoms with Gasteiger partial charge in [-0.3, -0.25) is 10.1 Å². The van der Waals surface area contributed by atoms with Crippen LogP contribution in [0.2, 0.25) is 0 Å². The van der Waals surface area contributed by atoms with Crippen molar-refractivity contribution >= 4 is 50.7 Å². The molecule has 4 heterocycles. The third kappa shape index (κ3) is 3.83. The highest BCUT2D eigenvalue weighted by Crippen LogP contribution is 2.29. The van der Waals surface area contributed by atoms with Crippen molar-refractivity contribution in [1.82, 2.24) is 19.7 Å². The third-order valence-corrected chi connectivity index (χ3v) is 5.93. The molecule has 0 bridgehead atoms. The number of aromatic nitrogens is 4. The molecule has 4 aromatic heterocycles. The third-order valence-electron chi connectivity index (χ3n) is 4.28. The number of thiophene rings is 1. The fraction of sp³-hybridized carbons (Fsp3) is 0.250. The van der Waals surface area contributed by atoms with E-state index in [1.165, 1.54) is 11.3 Å². The first-order valence-electron chi connectivity index (χ1n) is 9.34.